The third-order valence-corrected chi connectivity index (χ3v) is 4.08. The molecular formula is C14H16F5N. The Morgan fingerprint density at radius 2 is 1.50 bits per heavy atom. The summed E-state index contributed by atoms with van der Waals surface area (Å²) in [6, 6.07) is 2.56. The van der Waals surface area contributed by atoms with E-state index < -0.39 is 29.8 Å². The number of hydrogen-bond donors (Lipinski definition) is 1. The molecule has 1 atom stereocenters. The minimum Gasteiger partial charge on any atom is -0.324 e. The van der Waals surface area contributed by atoms with Crippen molar-refractivity contribution in [2.45, 2.75) is 37.9 Å². The third-order valence-electron chi connectivity index (χ3n) is 4.08. The molecule has 0 aliphatic heterocycles. The van der Waals surface area contributed by atoms with E-state index in [4.69, 9.17) is 5.73 Å². The molecule has 20 heavy (non-hydrogen) atoms. The Kier molecular flexibility index (Phi) is 4.32. The van der Waals surface area contributed by atoms with Crippen LogP contribution < -0.4 is 5.73 Å². The van der Waals surface area contributed by atoms with Gasteiger partial charge in [-0.3, -0.25) is 0 Å². The molecule has 1 nitrogen and oxygen atoms in total. The standard InChI is InChI=1S/C14H16F5N/c15-10-2-1-3-11(16)12(10)13(20)8-4-6-9(7-5-8)14(17,18)19/h1-3,8-9,13H,4-7,20H2. The summed E-state index contributed by atoms with van der Waals surface area (Å²) < 4.78 is 65.0. The molecule has 2 rings (SSSR count). The molecule has 0 saturated heterocycles. The number of benzene rings is 1. The van der Waals surface area contributed by atoms with Gasteiger partial charge in [0.05, 0.1) is 5.92 Å². The van der Waals surface area contributed by atoms with Crippen LogP contribution in [0.4, 0.5) is 22.0 Å². The summed E-state index contributed by atoms with van der Waals surface area (Å²) in [6.07, 6.45) is -3.79. The van der Waals surface area contributed by atoms with Gasteiger partial charge in [-0.1, -0.05) is 6.07 Å². The molecular weight excluding hydrogens is 277 g/mol. The molecule has 0 radical (unpaired) electrons. The van der Waals surface area contributed by atoms with Crippen molar-refractivity contribution in [2.24, 2.45) is 17.6 Å². The number of halogens is 5. The fraction of sp³-hybridized carbons (Fsp3) is 0.571. The van der Waals surface area contributed by atoms with E-state index in [1.165, 1.54) is 6.07 Å². The van der Waals surface area contributed by atoms with Crippen LogP contribution in [-0.4, -0.2) is 6.18 Å². The van der Waals surface area contributed by atoms with E-state index in [0.717, 1.165) is 12.1 Å². The van der Waals surface area contributed by atoms with Gasteiger partial charge in [0.15, 0.2) is 0 Å². The second kappa shape index (κ2) is 5.68. The predicted molar refractivity (Wildman–Crippen MR) is 64.8 cm³/mol. The normalized spacial score (nSPS) is 25.5. The molecule has 0 bridgehead atoms. The molecule has 6 heteroatoms. The van der Waals surface area contributed by atoms with Gasteiger partial charge in [-0.05, 0) is 43.7 Å². The van der Waals surface area contributed by atoms with Crippen molar-refractivity contribution in [3.63, 3.8) is 0 Å². The van der Waals surface area contributed by atoms with E-state index in [-0.39, 0.29) is 37.2 Å². The van der Waals surface area contributed by atoms with Crippen molar-refractivity contribution in [2.75, 3.05) is 0 Å². The molecule has 0 aromatic heterocycles. The topological polar surface area (TPSA) is 26.0 Å². The van der Waals surface area contributed by atoms with Gasteiger partial charge in [0, 0.05) is 11.6 Å². The predicted octanol–water partition coefficient (Wildman–Crippen LogP) is 4.33. The van der Waals surface area contributed by atoms with Crippen LogP contribution in [0.5, 0.6) is 0 Å². The fourth-order valence-electron chi connectivity index (χ4n) is 2.87. The zero-order valence-corrected chi connectivity index (χ0v) is 10.8. The van der Waals surface area contributed by atoms with E-state index in [1.54, 1.807) is 0 Å². The third kappa shape index (κ3) is 3.11. The van der Waals surface area contributed by atoms with Crippen LogP contribution in [-0.2, 0) is 0 Å². The molecule has 0 heterocycles. The molecule has 1 aliphatic carbocycles. The number of nitrogens with two attached hydrogens (primary N) is 1. The second-order valence-corrected chi connectivity index (χ2v) is 5.31. The number of hydrogen-bond acceptors (Lipinski definition) is 1. The highest BCUT2D eigenvalue weighted by Crippen LogP contribution is 2.43. The molecule has 112 valence electrons. The lowest BCUT2D eigenvalue weighted by molar-refractivity contribution is -0.184. The second-order valence-electron chi connectivity index (χ2n) is 5.31. The molecule has 1 unspecified atom stereocenters. The first-order valence-electron chi connectivity index (χ1n) is 6.57. The van der Waals surface area contributed by atoms with Crippen LogP contribution in [0.15, 0.2) is 18.2 Å². The zero-order chi connectivity index (χ0) is 14.9. The lowest BCUT2D eigenvalue weighted by Crippen LogP contribution is -2.32. The molecule has 0 amide bonds. The molecule has 1 fully saturated rings. The van der Waals surface area contributed by atoms with Gasteiger partial charge in [0.25, 0.3) is 0 Å². The van der Waals surface area contributed by atoms with Crippen LogP contribution >= 0.6 is 0 Å². The van der Waals surface area contributed by atoms with Crippen LogP contribution in [0.1, 0.15) is 37.3 Å². The maximum absolute atomic E-state index is 13.6. The Morgan fingerprint density at radius 1 is 1.00 bits per heavy atom. The van der Waals surface area contributed by atoms with Gasteiger partial charge in [-0.2, -0.15) is 13.2 Å². The van der Waals surface area contributed by atoms with Gasteiger partial charge in [0.2, 0.25) is 0 Å². The fourth-order valence-corrected chi connectivity index (χ4v) is 2.87. The van der Waals surface area contributed by atoms with E-state index in [9.17, 15) is 22.0 Å². The molecule has 0 spiro atoms. The Labute approximate surface area is 114 Å². The van der Waals surface area contributed by atoms with Crippen molar-refractivity contribution < 1.29 is 22.0 Å². The summed E-state index contributed by atoms with van der Waals surface area (Å²) in [6.45, 7) is 0. The van der Waals surface area contributed by atoms with E-state index in [0.29, 0.717) is 0 Å². The van der Waals surface area contributed by atoms with Gasteiger partial charge in [-0.25, -0.2) is 8.78 Å². The first-order chi connectivity index (χ1) is 9.30. The van der Waals surface area contributed by atoms with Crippen LogP contribution in [0, 0.1) is 23.5 Å². The van der Waals surface area contributed by atoms with E-state index in [1.807, 2.05) is 0 Å². The van der Waals surface area contributed by atoms with Gasteiger partial charge < -0.3 is 5.73 Å². The average molecular weight is 293 g/mol. The maximum Gasteiger partial charge on any atom is 0.391 e. The summed E-state index contributed by atoms with van der Waals surface area (Å²) >= 11 is 0. The Hall–Kier alpha value is -1.17. The minimum absolute atomic E-state index is 0.0298. The van der Waals surface area contributed by atoms with Crippen LogP contribution in [0.2, 0.25) is 0 Å². The first-order valence-corrected chi connectivity index (χ1v) is 6.57. The van der Waals surface area contributed by atoms with Gasteiger partial charge in [0.1, 0.15) is 11.6 Å². The largest absolute Gasteiger partial charge is 0.391 e. The highest BCUT2D eigenvalue weighted by atomic mass is 19.4. The van der Waals surface area contributed by atoms with E-state index in [2.05, 4.69) is 0 Å². The Balaban J connectivity index is 2.07. The first kappa shape index (κ1) is 15.2. The summed E-state index contributed by atoms with van der Waals surface area (Å²) in [7, 11) is 0. The highest BCUT2D eigenvalue weighted by Gasteiger charge is 2.42. The van der Waals surface area contributed by atoms with Gasteiger partial charge >= 0.3 is 6.18 Å². The Bertz CT molecular complexity index is 443. The SMILES string of the molecule is NC(c1c(F)cccc1F)C1CCC(C(F)(F)F)CC1. The average Bonchev–Trinajstić information content (AvgIpc) is 2.37. The molecule has 1 aromatic carbocycles. The maximum atomic E-state index is 13.6. The molecule has 1 aromatic rings. The summed E-state index contributed by atoms with van der Waals surface area (Å²) in [5.41, 5.74) is 5.65. The summed E-state index contributed by atoms with van der Waals surface area (Å²) in [5.74, 6) is -3.12. The molecule has 1 saturated carbocycles. The lowest BCUT2D eigenvalue weighted by Gasteiger charge is -2.33. The zero-order valence-electron chi connectivity index (χ0n) is 10.8. The van der Waals surface area contributed by atoms with Crippen molar-refractivity contribution in [3.8, 4) is 0 Å². The van der Waals surface area contributed by atoms with Crippen molar-refractivity contribution >= 4 is 0 Å². The van der Waals surface area contributed by atoms with Crippen LogP contribution in [0.25, 0.3) is 0 Å². The number of rotatable bonds is 2. The number of alkyl halides is 3. The monoisotopic (exact) mass is 293 g/mol. The lowest BCUT2D eigenvalue weighted by atomic mass is 9.76. The summed E-state index contributed by atoms with van der Waals surface area (Å²) in [4.78, 5) is 0. The van der Waals surface area contributed by atoms with Crippen LogP contribution in [0.3, 0.4) is 0 Å². The van der Waals surface area contributed by atoms with Gasteiger partial charge in [-0.15, -0.1) is 0 Å². The smallest absolute Gasteiger partial charge is 0.324 e. The Morgan fingerprint density at radius 3 is 1.95 bits per heavy atom. The van der Waals surface area contributed by atoms with Crippen molar-refractivity contribution in [1.82, 2.24) is 0 Å². The molecule has 1 aliphatic rings. The molecule has 2 N–H and O–H groups in total. The summed E-state index contributed by atoms with van der Waals surface area (Å²) in [5, 5.41) is 0. The van der Waals surface area contributed by atoms with Crippen molar-refractivity contribution in [1.29, 1.82) is 0 Å². The van der Waals surface area contributed by atoms with Crippen molar-refractivity contribution in [3.05, 3.63) is 35.4 Å². The quantitative estimate of drug-likeness (QED) is 0.807. The minimum atomic E-state index is -4.20. The van der Waals surface area contributed by atoms with E-state index >= 15 is 0 Å². The highest BCUT2D eigenvalue weighted by molar-refractivity contribution is 5.23.